The highest BCUT2D eigenvalue weighted by Gasteiger charge is 2.21. The largest absolute Gasteiger partial charge is 0.334 e. The Kier molecular flexibility index (Phi) is 7.03. The highest BCUT2D eigenvalue weighted by molar-refractivity contribution is 7.15. The minimum Gasteiger partial charge on any atom is -0.334 e. The molecule has 37 heavy (non-hydrogen) atoms. The summed E-state index contributed by atoms with van der Waals surface area (Å²) in [5.74, 6) is -0.245. The molecule has 2 aromatic heterocycles. The standard InChI is InChI=1S/C28H23ClN4O3S/c1-19-7-8-22(15-26(19)33(35)36)27(34)31(16-20-5-3-2-4-6-20)14-13-24-18-37-28-30-25(17-32(24)28)21-9-11-23(29)12-10-21/h2-12,15,17-18H,13-14,16H2,1H3. The highest BCUT2D eigenvalue weighted by Crippen LogP contribution is 2.26. The molecular formula is C28H23ClN4O3S. The number of rotatable bonds is 8. The quantitative estimate of drug-likeness (QED) is 0.163. The second-order valence-electron chi connectivity index (χ2n) is 8.73. The van der Waals surface area contributed by atoms with Gasteiger partial charge in [0.1, 0.15) is 0 Å². The normalized spacial score (nSPS) is 11.1. The zero-order valence-corrected chi connectivity index (χ0v) is 21.6. The van der Waals surface area contributed by atoms with E-state index in [-0.39, 0.29) is 11.6 Å². The van der Waals surface area contributed by atoms with Gasteiger partial charge in [-0.15, -0.1) is 11.3 Å². The number of aryl methyl sites for hydroxylation is 1. The van der Waals surface area contributed by atoms with Crippen LogP contribution in [0.2, 0.25) is 5.02 Å². The first-order chi connectivity index (χ1) is 17.9. The average molecular weight is 531 g/mol. The fraction of sp³-hybridized carbons (Fsp3) is 0.143. The molecule has 0 aliphatic rings. The van der Waals surface area contributed by atoms with Gasteiger partial charge in [0.05, 0.1) is 10.6 Å². The van der Waals surface area contributed by atoms with Crippen LogP contribution in [0.4, 0.5) is 5.69 Å². The number of halogens is 1. The maximum Gasteiger partial charge on any atom is 0.273 e. The summed E-state index contributed by atoms with van der Waals surface area (Å²) >= 11 is 7.57. The van der Waals surface area contributed by atoms with Crippen LogP contribution >= 0.6 is 22.9 Å². The molecule has 186 valence electrons. The van der Waals surface area contributed by atoms with Crippen molar-refractivity contribution >= 4 is 39.5 Å². The van der Waals surface area contributed by atoms with E-state index >= 15 is 0 Å². The van der Waals surface area contributed by atoms with Crippen LogP contribution in [0.1, 0.15) is 27.2 Å². The number of hydrogen-bond acceptors (Lipinski definition) is 5. The van der Waals surface area contributed by atoms with Crippen LogP contribution in [0, 0.1) is 17.0 Å². The number of nitro groups is 1. The Labute approximate surface area is 222 Å². The van der Waals surface area contributed by atoms with Crippen LogP contribution in [-0.2, 0) is 13.0 Å². The molecule has 0 saturated carbocycles. The predicted molar refractivity (Wildman–Crippen MR) is 146 cm³/mol. The number of amides is 1. The molecule has 5 aromatic rings. The lowest BCUT2D eigenvalue weighted by molar-refractivity contribution is -0.385. The smallest absolute Gasteiger partial charge is 0.273 e. The van der Waals surface area contributed by atoms with Crippen LogP contribution in [-0.4, -0.2) is 31.7 Å². The number of benzene rings is 3. The molecule has 3 aromatic carbocycles. The monoisotopic (exact) mass is 530 g/mol. The maximum atomic E-state index is 13.6. The van der Waals surface area contributed by atoms with Crippen molar-refractivity contribution in [3.63, 3.8) is 0 Å². The Morgan fingerprint density at radius 1 is 1.11 bits per heavy atom. The number of nitrogens with zero attached hydrogens (tertiary/aromatic N) is 4. The molecule has 0 N–H and O–H groups in total. The zero-order valence-electron chi connectivity index (χ0n) is 20.0. The first kappa shape index (κ1) is 24.7. The SMILES string of the molecule is Cc1ccc(C(=O)N(CCc2csc3nc(-c4ccc(Cl)cc4)cn23)Cc2ccccc2)cc1[N+](=O)[O-]. The summed E-state index contributed by atoms with van der Waals surface area (Å²) in [7, 11) is 0. The molecule has 0 atom stereocenters. The molecule has 0 aliphatic carbocycles. The Bertz CT molecular complexity index is 1580. The molecule has 0 radical (unpaired) electrons. The topological polar surface area (TPSA) is 80.8 Å². The Morgan fingerprint density at radius 2 is 1.86 bits per heavy atom. The number of hydrogen-bond donors (Lipinski definition) is 0. The second kappa shape index (κ2) is 10.5. The van der Waals surface area contributed by atoms with E-state index in [1.54, 1.807) is 35.3 Å². The van der Waals surface area contributed by atoms with Crippen molar-refractivity contribution in [2.75, 3.05) is 6.54 Å². The van der Waals surface area contributed by atoms with E-state index < -0.39 is 4.92 Å². The molecule has 0 aliphatic heterocycles. The predicted octanol–water partition coefficient (Wildman–Crippen LogP) is 6.82. The van der Waals surface area contributed by atoms with Crippen molar-refractivity contribution in [3.05, 3.63) is 122 Å². The third-order valence-corrected chi connectivity index (χ3v) is 7.36. The van der Waals surface area contributed by atoms with E-state index in [1.165, 1.54) is 6.07 Å². The molecular weight excluding hydrogens is 508 g/mol. The fourth-order valence-corrected chi connectivity index (χ4v) is 5.23. The van der Waals surface area contributed by atoms with Gasteiger partial charge in [0.2, 0.25) is 0 Å². The number of thiazole rings is 1. The summed E-state index contributed by atoms with van der Waals surface area (Å²) in [6.07, 6.45) is 2.60. The van der Waals surface area contributed by atoms with Crippen molar-refractivity contribution in [3.8, 4) is 11.3 Å². The molecule has 0 spiro atoms. The summed E-state index contributed by atoms with van der Waals surface area (Å²) in [6, 6.07) is 21.9. The zero-order chi connectivity index (χ0) is 25.9. The number of fused-ring (bicyclic) bond motifs is 1. The summed E-state index contributed by atoms with van der Waals surface area (Å²) < 4.78 is 2.05. The van der Waals surface area contributed by atoms with Crippen molar-refractivity contribution < 1.29 is 9.72 Å². The van der Waals surface area contributed by atoms with Gasteiger partial charge in [0.25, 0.3) is 11.6 Å². The van der Waals surface area contributed by atoms with Gasteiger partial charge in [-0.3, -0.25) is 19.3 Å². The van der Waals surface area contributed by atoms with Crippen molar-refractivity contribution in [1.29, 1.82) is 0 Å². The highest BCUT2D eigenvalue weighted by atomic mass is 35.5. The number of nitro benzene ring substituents is 1. The van der Waals surface area contributed by atoms with Crippen LogP contribution < -0.4 is 0 Å². The molecule has 5 rings (SSSR count). The molecule has 0 bridgehead atoms. The van der Waals surface area contributed by atoms with E-state index in [9.17, 15) is 14.9 Å². The van der Waals surface area contributed by atoms with E-state index in [0.717, 1.165) is 27.5 Å². The van der Waals surface area contributed by atoms with E-state index in [0.29, 0.717) is 35.7 Å². The lowest BCUT2D eigenvalue weighted by Crippen LogP contribution is -2.32. The van der Waals surface area contributed by atoms with Crippen molar-refractivity contribution in [2.24, 2.45) is 0 Å². The molecule has 2 heterocycles. The van der Waals surface area contributed by atoms with Gasteiger partial charge in [0, 0.05) is 64.6 Å². The first-order valence-electron chi connectivity index (χ1n) is 11.7. The molecule has 0 fully saturated rings. The van der Waals surface area contributed by atoms with Gasteiger partial charge >= 0.3 is 0 Å². The Morgan fingerprint density at radius 3 is 2.59 bits per heavy atom. The van der Waals surface area contributed by atoms with Crippen LogP contribution in [0.5, 0.6) is 0 Å². The minimum absolute atomic E-state index is 0.0572. The van der Waals surface area contributed by atoms with E-state index in [2.05, 4.69) is 9.78 Å². The number of aromatic nitrogens is 2. The second-order valence-corrected chi connectivity index (χ2v) is 10.0. The van der Waals surface area contributed by atoms with E-state index in [4.69, 9.17) is 16.6 Å². The molecule has 7 nitrogen and oxygen atoms in total. The third-order valence-electron chi connectivity index (χ3n) is 6.22. The maximum absolute atomic E-state index is 13.6. The Balaban J connectivity index is 1.41. The fourth-order valence-electron chi connectivity index (χ4n) is 4.20. The summed E-state index contributed by atoms with van der Waals surface area (Å²) in [4.78, 5) is 31.9. The molecule has 9 heteroatoms. The Hall–Kier alpha value is -4.01. The summed E-state index contributed by atoms with van der Waals surface area (Å²) in [6.45, 7) is 2.50. The van der Waals surface area contributed by atoms with Gasteiger partial charge in [0.15, 0.2) is 4.96 Å². The van der Waals surface area contributed by atoms with Gasteiger partial charge in [-0.05, 0) is 30.7 Å². The van der Waals surface area contributed by atoms with Crippen LogP contribution in [0.25, 0.3) is 16.2 Å². The molecule has 0 unspecified atom stereocenters. The first-order valence-corrected chi connectivity index (χ1v) is 12.9. The third kappa shape index (κ3) is 5.40. The van der Waals surface area contributed by atoms with Crippen molar-refractivity contribution in [1.82, 2.24) is 14.3 Å². The van der Waals surface area contributed by atoms with Gasteiger partial charge in [-0.25, -0.2) is 4.98 Å². The molecule has 0 saturated heterocycles. The van der Waals surface area contributed by atoms with Crippen LogP contribution in [0.3, 0.4) is 0 Å². The summed E-state index contributed by atoms with van der Waals surface area (Å²) in [5, 5.41) is 14.2. The van der Waals surface area contributed by atoms with Crippen LogP contribution in [0.15, 0.2) is 84.4 Å². The summed E-state index contributed by atoms with van der Waals surface area (Å²) in [5.41, 5.74) is 4.62. The van der Waals surface area contributed by atoms with E-state index in [1.807, 2.05) is 60.8 Å². The number of carbonyl (C=O) groups excluding carboxylic acids is 1. The van der Waals surface area contributed by atoms with Gasteiger partial charge < -0.3 is 4.90 Å². The lowest BCUT2D eigenvalue weighted by Gasteiger charge is -2.23. The number of imidazole rings is 1. The van der Waals surface area contributed by atoms with Gasteiger partial charge in [-0.1, -0.05) is 60.1 Å². The number of carbonyl (C=O) groups is 1. The average Bonchev–Trinajstić information content (AvgIpc) is 3.49. The van der Waals surface area contributed by atoms with Crippen molar-refractivity contribution in [2.45, 2.75) is 19.9 Å². The lowest BCUT2D eigenvalue weighted by atomic mass is 10.1. The molecule has 1 amide bonds. The van der Waals surface area contributed by atoms with Gasteiger partial charge in [-0.2, -0.15) is 0 Å². The minimum atomic E-state index is -0.451.